The van der Waals surface area contributed by atoms with Crippen molar-refractivity contribution >= 4 is 6.29 Å². The molecule has 1 aromatic carbocycles. The summed E-state index contributed by atoms with van der Waals surface area (Å²) in [6.07, 6.45) is 1.77. The molecule has 1 heterocycles. The molecule has 0 bridgehead atoms. The Bertz CT molecular complexity index is 388. The maximum Gasteiger partial charge on any atom is 0.142 e. The van der Waals surface area contributed by atoms with E-state index < -0.39 is 0 Å². The number of aldehydes is 1. The topological polar surface area (TPSA) is 38.3 Å². The number of morpholine rings is 1. The highest BCUT2D eigenvalue weighted by molar-refractivity contribution is 5.58. The summed E-state index contributed by atoms with van der Waals surface area (Å²) in [7, 11) is 0. The van der Waals surface area contributed by atoms with Crippen molar-refractivity contribution in [1.29, 1.82) is 0 Å². The molecule has 0 radical (unpaired) electrons. The minimum absolute atomic E-state index is 0.138. The molecule has 0 aromatic heterocycles. The first-order valence-electron chi connectivity index (χ1n) is 6.99. The van der Waals surface area contributed by atoms with E-state index in [1.807, 2.05) is 18.2 Å². The van der Waals surface area contributed by atoms with E-state index in [2.05, 4.69) is 24.5 Å². The average Bonchev–Trinajstić information content (AvgIpc) is 2.48. The van der Waals surface area contributed by atoms with Gasteiger partial charge in [0.2, 0.25) is 0 Å². The number of carbonyl (C=O) groups is 1. The Hall–Kier alpha value is -1.23. The van der Waals surface area contributed by atoms with Crippen LogP contribution in [0.5, 0.6) is 0 Å². The number of nitrogens with zero attached hydrogens (tertiary/aromatic N) is 1. The van der Waals surface area contributed by atoms with Crippen molar-refractivity contribution in [3.63, 3.8) is 0 Å². The van der Waals surface area contributed by atoms with Gasteiger partial charge in [0.1, 0.15) is 25.4 Å². The van der Waals surface area contributed by atoms with Crippen molar-refractivity contribution in [2.75, 3.05) is 32.8 Å². The molecule has 0 spiro atoms. The van der Waals surface area contributed by atoms with E-state index in [4.69, 9.17) is 4.74 Å². The van der Waals surface area contributed by atoms with E-state index >= 15 is 0 Å². The van der Waals surface area contributed by atoms with Crippen molar-refractivity contribution in [3.8, 4) is 0 Å². The number of hydrogen-bond donors (Lipinski definition) is 1. The van der Waals surface area contributed by atoms with E-state index in [1.54, 1.807) is 0 Å². The van der Waals surface area contributed by atoms with Crippen LogP contribution in [0.25, 0.3) is 0 Å². The molecule has 19 heavy (non-hydrogen) atoms. The molecule has 104 valence electrons. The largest absolute Gasteiger partial charge is 0.370 e. The molecule has 0 amide bonds. The summed E-state index contributed by atoms with van der Waals surface area (Å²) in [5.74, 6) is 0. The maximum atomic E-state index is 11.3. The summed E-state index contributed by atoms with van der Waals surface area (Å²) in [6, 6.07) is 10.0. The number of nitrogens with one attached hydrogen (secondary N) is 1. The van der Waals surface area contributed by atoms with Crippen molar-refractivity contribution < 1.29 is 14.1 Å². The van der Waals surface area contributed by atoms with Gasteiger partial charge in [0, 0.05) is 0 Å². The lowest BCUT2D eigenvalue weighted by Crippen LogP contribution is -2.66. The third kappa shape index (κ3) is 3.86. The van der Waals surface area contributed by atoms with Crippen LogP contribution >= 0.6 is 0 Å². The fourth-order valence-electron chi connectivity index (χ4n) is 2.57. The van der Waals surface area contributed by atoms with E-state index in [0.29, 0.717) is 0 Å². The third-order valence-electron chi connectivity index (χ3n) is 3.84. The molecule has 1 aliphatic rings. The van der Waals surface area contributed by atoms with Crippen LogP contribution in [0.1, 0.15) is 12.5 Å². The van der Waals surface area contributed by atoms with Gasteiger partial charge in [0.15, 0.2) is 0 Å². The molecule has 1 fully saturated rings. The zero-order valence-corrected chi connectivity index (χ0v) is 11.5. The van der Waals surface area contributed by atoms with Crippen LogP contribution in [-0.2, 0) is 16.0 Å². The van der Waals surface area contributed by atoms with Gasteiger partial charge >= 0.3 is 0 Å². The highest BCUT2D eigenvalue weighted by Gasteiger charge is 2.31. The molecule has 2 rings (SSSR count). The zero-order chi connectivity index (χ0) is 13.6. The molecule has 1 aliphatic heterocycles. The minimum Gasteiger partial charge on any atom is -0.370 e. The molecule has 0 unspecified atom stereocenters. The highest BCUT2D eigenvalue weighted by atomic mass is 16.5. The van der Waals surface area contributed by atoms with Crippen LogP contribution in [-0.4, -0.2) is 49.8 Å². The van der Waals surface area contributed by atoms with Crippen LogP contribution < -0.4 is 5.43 Å². The van der Waals surface area contributed by atoms with Gasteiger partial charge in [-0.05, 0) is 18.9 Å². The number of likely N-dealkylation sites (N-methyl/N-ethyl adjacent to an activating group) is 1. The van der Waals surface area contributed by atoms with Crippen LogP contribution in [0.3, 0.4) is 0 Å². The van der Waals surface area contributed by atoms with Gasteiger partial charge in [-0.25, -0.2) is 4.59 Å². The molecular formula is C15H23N2O2+. The summed E-state index contributed by atoms with van der Waals surface area (Å²) < 4.78 is 6.19. The van der Waals surface area contributed by atoms with E-state index in [1.165, 1.54) is 5.56 Å². The van der Waals surface area contributed by atoms with Gasteiger partial charge in [0.05, 0.1) is 19.8 Å². The first-order chi connectivity index (χ1) is 9.28. The standard InChI is InChI=1S/C15H23N2O2/c1-2-17(8-10-19-11-9-17)16-15(13-18)12-14-6-4-3-5-7-14/h3-7,13,15-16H,2,8-12H2,1H3/q+1/t15-/m0/s1. The number of rotatable bonds is 6. The SMILES string of the molecule is CC[N+]1(N[C@H](C=O)Cc2ccccc2)CCOCC1. The minimum atomic E-state index is -0.138. The van der Waals surface area contributed by atoms with Crippen LogP contribution in [0.2, 0.25) is 0 Å². The average molecular weight is 263 g/mol. The summed E-state index contributed by atoms with van der Waals surface area (Å²) >= 11 is 0. The maximum absolute atomic E-state index is 11.3. The molecule has 0 aliphatic carbocycles. The highest BCUT2D eigenvalue weighted by Crippen LogP contribution is 2.10. The Morgan fingerprint density at radius 2 is 2.00 bits per heavy atom. The van der Waals surface area contributed by atoms with Gasteiger partial charge in [-0.3, -0.25) is 0 Å². The molecule has 0 saturated carbocycles. The van der Waals surface area contributed by atoms with Crippen molar-refractivity contribution in [2.24, 2.45) is 0 Å². The second-order valence-electron chi connectivity index (χ2n) is 5.08. The first-order valence-corrected chi connectivity index (χ1v) is 6.99. The Morgan fingerprint density at radius 1 is 1.32 bits per heavy atom. The van der Waals surface area contributed by atoms with E-state index in [0.717, 1.165) is 50.1 Å². The number of hydrogen-bond acceptors (Lipinski definition) is 3. The number of ether oxygens (including phenoxy) is 1. The summed E-state index contributed by atoms with van der Waals surface area (Å²) in [5.41, 5.74) is 4.70. The lowest BCUT2D eigenvalue weighted by molar-refractivity contribution is -0.976. The fraction of sp³-hybridized carbons (Fsp3) is 0.533. The summed E-state index contributed by atoms with van der Waals surface area (Å²) in [6.45, 7) is 6.51. The van der Waals surface area contributed by atoms with Gasteiger partial charge in [-0.2, -0.15) is 5.43 Å². The van der Waals surface area contributed by atoms with Gasteiger partial charge in [-0.15, -0.1) is 0 Å². The molecule has 1 saturated heterocycles. The molecule has 4 heteroatoms. The van der Waals surface area contributed by atoms with Crippen LogP contribution in [0.15, 0.2) is 30.3 Å². The lowest BCUT2D eigenvalue weighted by Gasteiger charge is -2.41. The second-order valence-corrected chi connectivity index (χ2v) is 5.08. The predicted octanol–water partition coefficient (Wildman–Crippen LogP) is 1.17. The first kappa shape index (κ1) is 14.2. The smallest absolute Gasteiger partial charge is 0.142 e. The van der Waals surface area contributed by atoms with Gasteiger partial charge in [-0.1, -0.05) is 30.3 Å². The molecule has 1 aromatic rings. The monoisotopic (exact) mass is 263 g/mol. The quantitative estimate of drug-likeness (QED) is 0.618. The van der Waals surface area contributed by atoms with Gasteiger partial charge in [0.25, 0.3) is 0 Å². The lowest BCUT2D eigenvalue weighted by atomic mass is 10.1. The van der Waals surface area contributed by atoms with Crippen LogP contribution in [0.4, 0.5) is 0 Å². The molecule has 4 nitrogen and oxygen atoms in total. The zero-order valence-electron chi connectivity index (χ0n) is 11.5. The molecule has 1 atom stereocenters. The molecular weight excluding hydrogens is 240 g/mol. The Balaban J connectivity index is 1.99. The Morgan fingerprint density at radius 3 is 2.58 bits per heavy atom. The second kappa shape index (κ2) is 6.80. The van der Waals surface area contributed by atoms with Crippen LogP contribution in [0, 0.1) is 0 Å². The van der Waals surface area contributed by atoms with Crippen molar-refractivity contribution in [1.82, 2.24) is 5.43 Å². The summed E-state index contributed by atoms with van der Waals surface area (Å²) in [4.78, 5) is 11.3. The van der Waals surface area contributed by atoms with Crippen molar-refractivity contribution in [3.05, 3.63) is 35.9 Å². The van der Waals surface area contributed by atoms with E-state index in [9.17, 15) is 4.79 Å². The third-order valence-corrected chi connectivity index (χ3v) is 3.84. The van der Waals surface area contributed by atoms with Gasteiger partial charge < -0.3 is 9.53 Å². The molecule has 1 N–H and O–H groups in total. The van der Waals surface area contributed by atoms with E-state index in [-0.39, 0.29) is 6.04 Å². The Kier molecular flexibility index (Phi) is 5.07. The summed E-state index contributed by atoms with van der Waals surface area (Å²) in [5, 5.41) is 0. The number of benzene rings is 1. The van der Waals surface area contributed by atoms with Crippen molar-refractivity contribution in [2.45, 2.75) is 19.4 Å². The number of quaternary nitrogens is 1. The Labute approximate surface area is 114 Å². The number of carbonyl (C=O) groups excluding carboxylic acids is 1. The normalized spacial score (nSPS) is 19.8. The predicted molar refractivity (Wildman–Crippen MR) is 74.5 cm³/mol. The fourth-order valence-corrected chi connectivity index (χ4v) is 2.57.